The van der Waals surface area contributed by atoms with E-state index in [1.54, 1.807) is 30.5 Å². The zero-order chi connectivity index (χ0) is 17.2. The fourth-order valence-electron chi connectivity index (χ4n) is 2.92. The number of hydrogen-bond acceptors (Lipinski definition) is 4. The number of piperazine rings is 1. The zero-order valence-corrected chi connectivity index (χ0v) is 15.2. The van der Waals surface area contributed by atoms with E-state index in [-0.39, 0.29) is 5.91 Å². The van der Waals surface area contributed by atoms with Gasteiger partial charge in [0.2, 0.25) is 15.9 Å². The van der Waals surface area contributed by atoms with E-state index in [9.17, 15) is 13.2 Å². The van der Waals surface area contributed by atoms with E-state index in [0.717, 1.165) is 12.8 Å². The van der Waals surface area contributed by atoms with E-state index >= 15 is 0 Å². The molecule has 2 rings (SSSR count). The van der Waals surface area contributed by atoms with Crippen LogP contribution in [-0.2, 0) is 21.9 Å². The van der Waals surface area contributed by atoms with Crippen LogP contribution in [0.25, 0.3) is 0 Å². The van der Waals surface area contributed by atoms with E-state index in [2.05, 4.69) is 12.0 Å². The molecule has 8 heteroatoms. The number of aryl methyl sites for hydroxylation is 2. The van der Waals surface area contributed by atoms with E-state index in [1.807, 2.05) is 0 Å². The predicted octanol–water partition coefficient (Wildman–Crippen LogP) is 1.06. The molecule has 1 aromatic heterocycles. The molecule has 0 radical (unpaired) electrons. The van der Waals surface area contributed by atoms with Gasteiger partial charge in [0.15, 0.2) is 0 Å². The Morgan fingerprint density at radius 1 is 1.17 bits per heavy atom. The van der Waals surface area contributed by atoms with Crippen LogP contribution in [0.4, 0.5) is 0 Å². The van der Waals surface area contributed by atoms with Gasteiger partial charge in [0, 0.05) is 39.6 Å². The molecule has 23 heavy (non-hydrogen) atoms. The van der Waals surface area contributed by atoms with Crippen molar-refractivity contribution in [3.8, 4) is 0 Å². The van der Waals surface area contributed by atoms with Gasteiger partial charge in [-0.15, -0.1) is 0 Å². The molecule has 130 valence electrons. The Bertz CT molecular complexity index is 673. The van der Waals surface area contributed by atoms with Crippen LogP contribution >= 0.6 is 0 Å². The third-order valence-corrected chi connectivity index (χ3v) is 6.53. The fourth-order valence-corrected chi connectivity index (χ4v) is 4.74. The minimum absolute atomic E-state index is 0.123. The highest BCUT2D eigenvalue weighted by atomic mass is 32.2. The molecule has 0 saturated carbocycles. The Hall–Kier alpha value is -1.41. The van der Waals surface area contributed by atoms with Gasteiger partial charge >= 0.3 is 0 Å². The molecular formula is C15H26N4O3S. The summed E-state index contributed by atoms with van der Waals surface area (Å²) in [4.78, 5) is 14.1. The summed E-state index contributed by atoms with van der Waals surface area (Å²) in [6.45, 7) is 7.13. The van der Waals surface area contributed by atoms with E-state index in [1.165, 1.54) is 4.31 Å². The Morgan fingerprint density at radius 3 is 2.26 bits per heavy atom. The number of rotatable bonds is 5. The Morgan fingerprint density at radius 2 is 1.78 bits per heavy atom. The van der Waals surface area contributed by atoms with Crippen molar-refractivity contribution in [1.82, 2.24) is 19.0 Å². The molecule has 0 atom stereocenters. The number of amides is 1. The summed E-state index contributed by atoms with van der Waals surface area (Å²) in [6.07, 6.45) is 2.41. The first-order valence-corrected chi connectivity index (χ1v) is 9.51. The van der Waals surface area contributed by atoms with Gasteiger partial charge in [0.25, 0.3) is 0 Å². The third kappa shape index (κ3) is 3.58. The first-order chi connectivity index (χ1) is 10.8. The molecule has 1 aliphatic heterocycles. The molecule has 7 nitrogen and oxygen atoms in total. The molecule has 1 aliphatic rings. The van der Waals surface area contributed by atoms with Gasteiger partial charge in [-0.3, -0.25) is 9.48 Å². The van der Waals surface area contributed by atoms with Crippen LogP contribution in [0, 0.1) is 13.8 Å². The van der Waals surface area contributed by atoms with Crippen molar-refractivity contribution in [2.45, 2.75) is 44.9 Å². The van der Waals surface area contributed by atoms with Gasteiger partial charge < -0.3 is 4.90 Å². The molecule has 0 bridgehead atoms. The molecule has 1 saturated heterocycles. The molecular weight excluding hydrogens is 316 g/mol. The Labute approximate surface area is 138 Å². The van der Waals surface area contributed by atoms with Crippen molar-refractivity contribution in [3.05, 3.63) is 11.4 Å². The van der Waals surface area contributed by atoms with Crippen LogP contribution in [0.5, 0.6) is 0 Å². The quantitative estimate of drug-likeness (QED) is 0.802. The summed E-state index contributed by atoms with van der Waals surface area (Å²) < 4.78 is 28.8. The lowest BCUT2D eigenvalue weighted by Gasteiger charge is -2.34. The minimum Gasteiger partial charge on any atom is -0.340 e. The second kappa shape index (κ2) is 7.00. The molecule has 0 unspecified atom stereocenters. The molecule has 1 amide bonds. The highest BCUT2D eigenvalue weighted by molar-refractivity contribution is 7.89. The van der Waals surface area contributed by atoms with Gasteiger partial charge in [-0.05, 0) is 20.3 Å². The second-order valence-electron chi connectivity index (χ2n) is 6.01. The van der Waals surface area contributed by atoms with E-state index in [0.29, 0.717) is 48.9 Å². The number of carbonyl (C=O) groups excluding carboxylic acids is 1. The normalized spacial score (nSPS) is 16.8. The predicted molar refractivity (Wildman–Crippen MR) is 87.5 cm³/mol. The zero-order valence-electron chi connectivity index (χ0n) is 14.4. The molecule has 0 spiro atoms. The molecule has 1 fully saturated rings. The highest BCUT2D eigenvalue weighted by Crippen LogP contribution is 2.24. The van der Waals surface area contributed by atoms with Crippen molar-refractivity contribution in [2.24, 2.45) is 7.05 Å². The van der Waals surface area contributed by atoms with Gasteiger partial charge in [-0.1, -0.05) is 13.3 Å². The monoisotopic (exact) mass is 342 g/mol. The molecule has 0 aliphatic carbocycles. The maximum Gasteiger partial charge on any atom is 0.246 e. The summed E-state index contributed by atoms with van der Waals surface area (Å²) in [5.74, 6) is 0.123. The van der Waals surface area contributed by atoms with E-state index in [4.69, 9.17) is 0 Å². The summed E-state index contributed by atoms with van der Waals surface area (Å²) in [5, 5.41) is 4.19. The van der Waals surface area contributed by atoms with Crippen LogP contribution in [0.3, 0.4) is 0 Å². The van der Waals surface area contributed by atoms with Crippen molar-refractivity contribution >= 4 is 15.9 Å². The summed E-state index contributed by atoms with van der Waals surface area (Å²) in [6, 6.07) is 0. The minimum atomic E-state index is -3.56. The van der Waals surface area contributed by atoms with Gasteiger partial charge in [0.1, 0.15) is 4.90 Å². The smallest absolute Gasteiger partial charge is 0.246 e. The average molecular weight is 342 g/mol. The van der Waals surface area contributed by atoms with Crippen LogP contribution in [0.15, 0.2) is 4.90 Å². The maximum atomic E-state index is 12.9. The van der Waals surface area contributed by atoms with Crippen molar-refractivity contribution in [1.29, 1.82) is 0 Å². The van der Waals surface area contributed by atoms with Crippen LogP contribution in [-0.4, -0.2) is 59.5 Å². The molecule has 0 N–H and O–H groups in total. The second-order valence-corrected chi connectivity index (χ2v) is 7.89. The lowest BCUT2D eigenvalue weighted by atomic mass is 10.2. The number of sulfonamides is 1. The Kier molecular flexibility index (Phi) is 5.46. The SMILES string of the molecule is CCCCC(=O)N1CCN(S(=O)(=O)c2c(C)nn(C)c2C)CC1. The summed E-state index contributed by atoms with van der Waals surface area (Å²) in [7, 11) is -1.81. The van der Waals surface area contributed by atoms with Crippen molar-refractivity contribution < 1.29 is 13.2 Å². The number of aromatic nitrogens is 2. The molecule has 1 aromatic rings. The van der Waals surface area contributed by atoms with Crippen LogP contribution < -0.4 is 0 Å². The first-order valence-electron chi connectivity index (χ1n) is 8.07. The number of hydrogen-bond donors (Lipinski definition) is 0. The molecule has 2 heterocycles. The van der Waals surface area contributed by atoms with Crippen LogP contribution in [0.1, 0.15) is 37.6 Å². The van der Waals surface area contributed by atoms with Crippen LogP contribution in [0.2, 0.25) is 0 Å². The van der Waals surface area contributed by atoms with Crippen molar-refractivity contribution in [3.63, 3.8) is 0 Å². The fraction of sp³-hybridized carbons (Fsp3) is 0.733. The van der Waals surface area contributed by atoms with E-state index < -0.39 is 10.0 Å². The Balaban J connectivity index is 2.08. The summed E-state index contributed by atoms with van der Waals surface area (Å²) in [5.41, 5.74) is 1.16. The average Bonchev–Trinajstić information content (AvgIpc) is 2.78. The van der Waals surface area contributed by atoms with Gasteiger partial charge in [-0.2, -0.15) is 9.40 Å². The largest absolute Gasteiger partial charge is 0.340 e. The number of nitrogens with zero attached hydrogens (tertiary/aromatic N) is 4. The highest BCUT2D eigenvalue weighted by Gasteiger charge is 2.33. The first kappa shape index (κ1) is 17.9. The summed E-state index contributed by atoms with van der Waals surface area (Å²) >= 11 is 0. The standard InChI is InChI=1S/C15H26N4O3S/c1-5-6-7-14(20)18-8-10-19(11-9-18)23(21,22)15-12(2)16-17(4)13(15)3/h5-11H2,1-4H3. The maximum absolute atomic E-state index is 12.9. The lowest BCUT2D eigenvalue weighted by molar-refractivity contribution is -0.132. The third-order valence-electron chi connectivity index (χ3n) is 4.38. The lowest BCUT2D eigenvalue weighted by Crippen LogP contribution is -2.50. The number of carbonyl (C=O) groups is 1. The molecule has 0 aromatic carbocycles. The topological polar surface area (TPSA) is 75.5 Å². The van der Waals surface area contributed by atoms with Gasteiger partial charge in [0.05, 0.1) is 11.4 Å². The van der Waals surface area contributed by atoms with Gasteiger partial charge in [-0.25, -0.2) is 8.42 Å². The van der Waals surface area contributed by atoms with Crippen molar-refractivity contribution in [2.75, 3.05) is 26.2 Å². The number of unbranched alkanes of at least 4 members (excludes halogenated alkanes) is 1.